The summed E-state index contributed by atoms with van der Waals surface area (Å²) < 4.78 is 11.7. The number of hydrogen-bond donors (Lipinski definition) is 1. The smallest absolute Gasteiger partial charge is 0.161 e. The van der Waals surface area contributed by atoms with Crippen LogP contribution in [-0.2, 0) is 9.47 Å². The lowest BCUT2D eigenvalue weighted by Gasteiger charge is -2.27. The van der Waals surface area contributed by atoms with E-state index in [0.717, 1.165) is 5.57 Å². The van der Waals surface area contributed by atoms with Crippen molar-refractivity contribution in [2.75, 3.05) is 0 Å². The van der Waals surface area contributed by atoms with Crippen LogP contribution in [0, 0.1) is 11.8 Å². The first-order chi connectivity index (χ1) is 7.63. The zero-order valence-corrected chi connectivity index (χ0v) is 11.9. The lowest BCUT2D eigenvalue weighted by atomic mass is 9.89. The van der Waals surface area contributed by atoms with Crippen molar-refractivity contribution in [2.45, 2.75) is 65.6 Å². The maximum Gasteiger partial charge on any atom is 0.161 e. The van der Waals surface area contributed by atoms with E-state index in [4.69, 9.17) is 9.47 Å². The van der Waals surface area contributed by atoms with Crippen LogP contribution in [0.5, 0.6) is 0 Å². The standard InChI is InChI=1S/C14H26O3/c1-8(2)11(15)12-9(3)10(4)13(16-12)17-14(5,6)7/h9-13,15H,1H2,2-7H3. The number of ether oxygens (including phenoxy) is 2. The first-order valence-corrected chi connectivity index (χ1v) is 6.30. The molecule has 1 rings (SSSR count). The van der Waals surface area contributed by atoms with E-state index in [9.17, 15) is 5.11 Å². The molecule has 1 N–H and O–H groups in total. The molecule has 1 saturated heterocycles. The summed E-state index contributed by atoms with van der Waals surface area (Å²) >= 11 is 0. The third kappa shape index (κ3) is 3.54. The van der Waals surface area contributed by atoms with Crippen LogP contribution in [0.2, 0.25) is 0 Å². The van der Waals surface area contributed by atoms with Gasteiger partial charge in [-0.25, -0.2) is 0 Å². The summed E-state index contributed by atoms with van der Waals surface area (Å²) in [6.45, 7) is 15.8. The zero-order valence-electron chi connectivity index (χ0n) is 11.9. The molecule has 3 nitrogen and oxygen atoms in total. The maximum absolute atomic E-state index is 10.1. The van der Waals surface area contributed by atoms with Crippen molar-refractivity contribution >= 4 is 0 Å². The molecule has 1 aliphatic heterocycles. The molecule has 1 fully saturated rings. The van der Waals surface area contributed by atoms with Gasteiger partial charge in [-0.15, -0.1) is 0 Å². The van der Waals surface area contributed by atoms with Gasteiger partial charge in [0.25, 0.3) is 0 Å². The summed E-state index contributed by atoms with van der Waals surface area (Å²) in [5, 5.41) is 10.1. The van der Waals surface area contributed by atoms with Crippen LogP contribution in [0.3, 0.4) is 0 Å². The Bertz CT molecular complexity index is 280. The van der Waals surface area contributed by atoms with Gasteiger partial charge in [-0.2, -0.15) is 0 Å². The van der Waals surface area contributed by atoms with Crippen molar-refractivity contribution < 1.29 is 14.6 Å². The minimum atomic E-state index is -0.610. The quantitative estimate of drug-likeness (QED) is 0.773. The topological polar surface area (TPSA) is 38.7 Å². The Hall–Kier alpha value is -0.380. The van der Waals surface area contributed by atoms with Gasteiger partial charge in [0.15, 0.2) is 6.29 Å². The van der Waals surface area contributed by atoms with E-state index < -0.39 is 6.10 Å². The fourth-order valence-corrected chi connectivity index (χ4v) is 2.08. The Morgan fingerprint density at radius 2 is 1.82 bits per heavy atom. The van der Waals surface area contributed by atoms with E-state index in [0.29, 0.717) is 0 Å². The van der Waals surface area contributed by atoms with E-state index in [-0.39, 0.29) is 29.8 Å². The number of aliphatic hydroxyl groups is 1. The Kier molecular flexibility index (Phi) is 4.39. The summed E-state index contributed by atoms with van der Waals surface area (Å²) in [4.78, 5) is 0. The fourth-order valence-electron chi connectivity index (χ4n) is 2.08. The Morgan fingerprint density at radius 3 is 2.24 bits per heavy atom. The minimum absolute atomic E-state index is 0.213. The molecule has 0 aliphatic carbocycles. The Morgan fingerprint density at radius 1 is 1.29 bits per heavy atom. The van der Waals surface area contributed by atoms with E-state index >= 15 is 0 Å². The maximum atomic E-state index is 10.1. The third-order valence-electron chi connectivity index (χ3n) is 3.35. The van der Waals surface area contributed by atoms with Crippen molar-refractivity contribution in [3.05, 3.63) is 12.2 Å². The minimum Gasteiger partial charge on any atom is -0.386 e. The highest BCUT2D eigenvalue weighted by Gasteiger charge is 2.44. The molecule has 3 heteroatoms. The molecule has 0 bridgehead atoms. The molecule has 0 saturated carbocycles. The van der Waals surface area contributed by atoms with Crippen LogP contribution in [0.15, 0.2) is 12.2 Å². The monoisotopic (exact) mass is 242 g/mol. The predicted octanol–water partition coefficient (Wildman–Crippen LogP) is 2.74. The highest BCUT2D eigenvalue weighted by Crippen LogP contribution is 2.37. The summed E-state index contributed by atoms with van der Waals surface area (Å²) in [6, 6.07) is 0. The fraction of sp³-hybridized carbons (Fsp3) is 0.857. The van der Waals surface area contributed by atoms with E-state index in [2.05, 4.69) is 20.4 Å². The van der Waals surface area contributed by atoms with Crippen LogP contribution in [0.1, 0.15) is 41.5 Å². The average molecular weight is 242 g/mol. The summed E-state index contributed by atoms with van der Waals surface area (Å²) in [5.74, 6) is 0.530. The molecule has 1 aliphatic rings. The molecule has 0 aromatic rings. The third-order valence-corrected chi connectivity index (χ3v) is 3.35. The molecule has 100 valence electrons. The largest absolute Gasteiger partial charge is 0.386 e. The van der Waals surface area contributed by atoms with Gasteiger partial charge in [-0.1, -0.05) is 20.4 Å². The number of rotatable bonds is 3. The highest BCUT2D eigenvalue weighted by molar-refractivity contribution is 5.04. The molecule has 0 amide bonds. The summed E-state index contributed by atoms with van der Waals surface area (Å²) in [7, 11) is 0. The van der Waals surface area contributed by atoms with Crippen molar-refractivity contribution in [3.8, 4) is 0 Å². The second-order valence-electron chi connectivity index (χ2n) is 6.21. The average Bonchev–Trinajstić information content (AvgIpc) is 2.42. The molecule has 0 aromatic carbocycles. The normalized spacial score (nSPS) is 35.9. The van der Waals surface area contributed by atoms with E-state index in [1.54, 1.807) is 0 Å². The predicted molar refractivity (Wildman–Crippen MR) is 68.6 cm³/mol. The molecule has 5 unspecified atom stereocenters. The summed E-state index contributed by atoms with van der Waals surface area (Å²) in [5.41, 5.74) is 0.507. The summed E-state index contributed by atoms with van der Waals surface area (Å²) in [6.07, 6.45) is -1.07. The van der Waals surface area contributed by atoms with Crippen LogP contribution >= 0.6 is 0 Å². The van der Waals surface area contributed by atoms with Gasteiger partial charge in [-0.05, 0) is 39.2 Å². The molecular weight excluding hydrogens is 216 g/mol. The van der Waals surface area contributed by atoms with Crippen molar-refractivity contribution in [1.29, 1.82) is 0 Å². The number of hydrogen-bond acceptors (Lipinski definition) is 3. The molecule has 1 heterocycles. The van der Waals surface area contributed by atoms with Gasteiger partial charge in [0.05, 0.1) is 11.7 Å². The van der Waals surface area contributed by atoms with Gasteiger partial charge in [0.2, 0.25) is 0 Å². The van der Waals surface area contributed by atoms with Gasteiger partial charge < -0.3 is 14.6 Å². The van der Waals surface area contributed by atoms with Crippen molar-refractivity contribution in [1.82, 2.24) is 0 Å². The molecular formula is C14H26O3. The van der Waals surface area contributed by atoms with Crippen LogP contribution in [0.25, 0.3) is 0 Å². The first-order valence-electron chi connectivity index (χ1n) is 6.30. The molecule has 17 heavy (non-hydrogen) atoms. The van der Waals surface area contributed by atoms with Gasteiger partial charge in [0, 0.05) is 5.92 Å². The van der Waals surface area contributed by atoms with Crippen LogP contribution in [0.4, 0.5) is 0 Å². The molecule has 0 radical (unpaired) electrons. The second-order valence-corrected chi connectivity index (χ2v) is 6.21. The Labute approximate surface area is 105 Å². The lowest BCUT2D eigenvalue weighted by Crippen LogP contribution is -2.32. The van der Waals surface area contributed by atoms with Crippen LogP contribution in [-0.4, -0.2) is 29.2 Å². The van der Waals surface area contributed by atoms with Gasteiger partial charge >= 0.3 is 0 Å². The lowest BCUT2D eigenvalue weighted by molar-refractivity contribution is -0.206. The second kappa shape index (κ2) is 5.09. The highest BCUT2D eigenvalue weighted by atomic mass is 16.7. The van der Waals surface area contributed by atoms with E-state index in [1.165, 1.54) is 0 Å². The van der Waals surface area contributed by atoms with Crippen molar-refractivity contribution in [2.24, 2.45) is 11.8 Å². The zero-order chi connectivity index (χ0) is 13.4. The number of aliphatic hydroxyl groups excluding tert-OH is 1. The molecule has 0 aromatic heterocycles. The first kappa shape index (κ1) is 14.7. The molecule has 0 spiro atoms. The SMILES string of the molecule is C=C(C)C(O)C1OC(OC(C)(C)C)C(C)C1C. The van der Waals surface area contributed by atoms with Crippen LogP contribution < -0.4 is 0 Å². The van der Waals surface area contributed by atoms with E-state index in [1.807, 2.05) is 27.7 Å². The van der Waals surface area contributed by atoms with Crippen molar-refractivity contribution in [3.63, 3.8) is 0 Å². The Balaban J connectivity index is 2.72. The van der Waals surface area contributed by atoms with Gasteiger partial charge in [-0.3, -0.25) is 0 Å². The molecule has 5 atom stereocenters. The van der Waals surface area contributed by atoms with Gasteiger partial charge in [0.1, 0.15) is 6.10 Å².